The zero-order chi connectivity index (χ0) is 19.3. The number of likely N-dealkylation sites (tertiary alicyclic amines) is 1. The van der Waals surface area contributed by atoms with Crippen molar-refractivity contribution in [2.75, 3.05) is 27.2 Å². The van der Waals surface area contributed by atoms with Gasteiger partial charge < -0.3 is 38.3 Å². The summed E-state index contributed by atoms with van der Waals surface area (Å²) in [5.41, 5.74) is -0.741. The van der Waals surface area contributed by atoms with Gasteiger partial charge in [0.2, 0.25) is 5.60 Å². The van der Waals surface area contributed by atoms with Gasteiger partial charge >= 0.3 is 5.97 Å². The lowest BCUT2D eigenvalue weighted by atomic mass is 9.86. The van der Waals surface area contributed by atoms with Crippen LogP contribution < -0.4 is 24.0 Å². The maximum atomic E-state index is 12.9. The largest absolute Gasteiger partial charge is 1.00 e. The molecule has 1 aliphatic rings. The number of hydrogen-bond donors (Lipinski definition) is 1. The van der Waals surface area contributed by atoms with Crippen molar-refractivity contribution in [1.29, 1.82) is 0 Å². The molecule has 1 fully saturated rings. The molecule has 0 aliphatic carbocycles. The second kappa shape index (κ2) is 9.85. The highest BCUT2D eigenvalue weighted by Gasteiger charge is 2.41. The first-order valence-corrected chi connectivity index (χ1v) is 9.78. The minimum atomic E-state index is -1.79. The number of esters is 1. The number of hydrogen-bond acceptors (Lipinski definition) is 3. The normalized spacial score (nSPS) is 18.3. The summed E-state index contributed by atoms with van der Waals surface area (Å²) in [6.07, 6.45) is 4.35. The first-order chi connectivity index (χ1) is 12.9. The highest BCUT2D eigenvalue weighted by Crippen LogP contribution is 2.31. The number of rotatable bonds is 7. The number of halogens is 1. The van der Waals surface area contributed by atoms with Crippen LogP contribution in [-0.2, 0) is 15.1 Å². The van der Waals surface area contributed by atoms with E-state index in [1.165, 1.54) is 19.4 Å². The number of aliphatic hydroxyl groups is 1. The molecule has 2 aromatic carbocycles. The number of carbonyl (C=O) groups is 1. The van der Waals surface area contributed by atoms with Crippen LogP contribution in [0.1, 0.15) is 36.8 Å². The molecule has 0 aromatic heterocycles. The molecule has 4 nitrogen and oxygen atoms in total. The fourth-order valence-electron chi connectivity index (χ4n) is 4.11. The molecular weight excluding hydrogens is 465 g/mol. The third-order valence-electron chi connectivity index (χ3n) is 5.85. The van der Waals surface area contributed by atoms with Crippen molar-refractivity contribution in [1.82, 2.24) is 0 Å². The van der Waals surface area contributed by atoms with Crippen LogP contribution in [-0.4, -0.2) is 48.8 Å². The van der Waals surface area contributed by atoms with Crippen molar-refractivity contribution in [3.05, 3.63) is 71.8 Å². The van der Waals surface area contributed by atoms with Crippen LogP contribution in [0.3, 0.4) is 0 Å². The summed E-state index contributed by atoms with van der Waals surface area (Å²) < 4.78 is 6.60. The van der Waals surface area contributed by atoms with Crippen LogP contribution in [0.4, 0.5) is 0 Å². The average Bonchev–Trinajstić information content (AvgIpc) is 3.03. The molecule has 1 unspecified atom stereocenters. The Morgan fingerprint density at radius 1 is 1.07 bits per heavy atom. The van der Waals surface area contributed by atoms with E-state index in [4.69, 9.17) is 4.74 Å². The molecule has 152 valence electrons. The van der Waals surface area contributed by atoms with Gasteiger partial charge in [-0.05, 0) is 17.5 Å². The van der Waals surface area contributed by atoms with Crippen molar-refractivity contribution in [3.63, 3.8) is 0 Å². The van der Waals surface area contributed by atoms with E-state index in [1.807, 2.05) is 36.4 Å². The van der Waals surface area contributed by atoms with Crippen LogP contribution in [0.2, 0.25) is 0 Å². The molecule has 0 saturated carbocycles. The quantitative estimate of drug-likeness (QED) is 0.263. The minimum absolute atomic E-state index is 0. The third kappa shape index (κ3) is 4.93. The number of carbonyl (C=O) groups excluding carboxylic acids is 1. The van der Waals surface area contributed by atoms with Gasteiger partial charge in [0.15, 0.2) is 0 Å². The van der Waals surface area contributed by atoms with Crippen LogP contribution in [0.15, 0.2) is 60.7 Å². The molecule has 1 atom stereocenters. The van der Waals surface area contributed by atoms with Gasteiger partial charge in [0, 0.05) is 19.3 Å². The topological polar surface area (TPSA) is 46.5 Å². The van der Waals surface area contributed by atoms with Crippen molar-refractivity contribution >= 4 is 5.97 Å². The molecular formula is C23H30INO3. The average molecular weight is 495 g/mol. The van der Waals surface area contributed by atoms with E-state index in [1.54, 1.807) is 24.3 Å². The molecule has 1 heterocycles. The van der Waals surface area contributed by atoms with E-state index < -0.39 is 11.6 Å². The summed E-state index contributed by atoms with van der Waals surface area (Å²) in [7, 11) is 4.54. The summed E-state index contributed by atoms with van der Waals surface area (Å²) in [5.74, 6) is -0.611. The molecule has 1 saturated heterocycles. The van der Waals surface area contributed by atoms with E-state index in [0.29, 0.717) is 23.8 Å². The molecule has 0 amide bonds. The Morgan fingerprint density at radius 3 is 2.07 bits per heavy atom. The Hall–Kier alpha value is -1.44. The molecule has 0 spiro atoms. The van der Waals surface area contributed by atoms with Crippen LogP contribution in [0, 0.1) is 0 Å². The van der Waals surface area contributed by atoms with Crippen molar-refractivity contribution in [2.24, 2.45) is 0 Å². The Balaban J connectivity index is 0.00000280. The lowest BCUT2D eigenvalue weighted by Gasteiger charge is -2.31. The van der Waals surface area contributed by atoms with Crippen molar-refractivity contribution in [3.8, 4) is 0 Å². The van der Waals surface area contributed by atoms with Crippen LogP contribution in [0.5, 0.6) is 0 Å². The molecule has 2 aromatic rings. The Kier molecular flexibility index (Phi) is 8.04. The first-order valence-electron chi connectivity index (χ1n) is 9.78. The first kappa shape index (κ1) is 22.8. The lowest BCUT2D eigenvalue weighted by Crippen LogP contribution is -3.00. The van der Waals surface area contributed by atoms with E-state index >= 15 is 0 Å². The van der Waals surface area contributed by atoms with Gasteiger partial charge in [-0.25, -0.2) is 4.79 Å². The van der Waals surface area contributed by atoms with Gasteiger partial charge in [-0.2, -0.15) is 0 Å². The highest BCUT2D eigenvalue weighted by molar-refractivity contribution is 5.85. The number of quaternary nitrogens is 1. The summed E-state index contributed by atoms with van der Waals surface area (Å²) in [6, 6.07) is 18.6. The summed E-state index contributed by atoms with van der Waals surface area (Å²) in [6.45, 7) is 1.55. The molecule has 28 heavy (non-hydrogen) atoms. The lowest BCUT2D eigenvalue weighted by molar-refractivity contribution is -0.902. The number of benzene rings is 2. The van der Waals surface area contributed by atoms with Gasteiger partial charge in [0.05, 0.1) is 33.3 Å². The van der Waals surface area contributed by atoms with Crippen LogP contribution in [0.25, 0.3) is 0 Å². The van der Waals surface area contributed by atoms with Gasteiger partial charge in [-0.1, -0.05) is 60.7 Å². The molecule has 0 radical (unpaired) electrons. The minimum Gasteiger partial charge on any atom is -1.00 e. The van der Waals surface area contributed by atoms with Gasteiger partial charge in [-0.3, -0.25) is 0 Å². The predicted octanol–water partition coefficient (Wildman–Crippen LogP) is 0.489. The predicted molar refractivity (Wildman–Crippen MR) is 106 cm³/mol. The van der Waals surface area contributed by atoms with E-state index in [0.717, 1.165) is 17.3 Å². The highest BCUT2D eigenvalue weighted by atomic mass is 127. The molecule has 1 N–H and O–H groups in total. The molecule has 5 heteroatoms. The van der Waals surface area contributed by atoms with Gasteiger partial charge in [0.1, 0.15) is 0 Å². The second-order valence-corrected chi connectivity index (χ2v) is 8.02. The molecule has 0 bridgehead atoms. The standard InChI is InChI=1S/C23H30NO3.HI/c1-24(2)17-9-15-21(24)16-10-18-27-22(25)23(26,19-11-5-3-6-12-19)20-13-7-4-8-14-20;/h3-8,11-14,21,26H,9-10,15-18H2,1-2H3;1H/q+1;/p-1. The van der Waals surface area contributed by atoms with Crippen molar-refractivity contribution in [2.45, 2.75) is 37.3 Å². The third-order valence-corrected chi connectivity index (χ3v) is 5.85. The van der Waals surface area contributed by atoms with E-state index in [-0.39, 0.29) is 24.0 Å². The zero-order valence-electron chi connectivity index (χ0n) is 16.7. The van der Waals surface area contributed by atoms with E-state index in [2.05, 4.69) is 14.1 Å². The number of nitrogens with zero attached hydrogens (tertiary/aromatic N) is 1. The summed E-state index contributed by atoms with van der Waals surface area (Å²) in [4.78, 5) is 12.9. The zero-order valence-corrected chi connectivity index (χ0v) is 18.8. The second-order valence-electron chi connectivity index (χ2n) is 8.02. The SMILES string of the molecule is C[N+]1(C)CCCC1CCCOC(=O)C(O)(c1ccccc1)c1ccccc1.[I-]. The maximum Gasteiger partial charge on any atom is 0.347 e. The summed E-state index contributed by atoms with van der Waals surface area (Å²) in [5, 5.41) is 11.3. The Morgan fingerprint density at radius 2 is 1.61 bits per heavy atom. The Labute approximate surface area is 185 Å². The molecule has 1 aliphatic heterocycles. The summed E-state index contributed by atoms with van der Waals surface area (Å²) >= 11 is 0. The smallest absolute Gasteiger partial charge is 0.347 e. The fourth-order valence-corrected chi connectivity index (χ4v) is 4.11. The van der Waals surface area contributed by atoms with Crippen LogP contribution >= 0.6 is 0 Å². The molecule has 3 rings (SSSR count). The van der Waals surface area contributed by atoms with E-state index in [9.17, 15) is 9.90 Å². The Bertz CT molecular complexity index is 709. The monoisotopic (exact) mass is 495 g/mol. The van der Waals surface area contributed by atoms with Gasteiger partial charge in [0.25, 0.3) is 0 Å². The number of ether oxygens (including phenoxy) is 1. The fraction of sp³-hybridized carbons (Fsp3) is 0.435. The van der Waals surface area contributed by atoms with Gasteiger partial charge in [-0.15, -0.1) is 0 Å². The van der Waals surface area contributed by atoms with Crippen molar-refractivity contribution < 1.29 is 43.1 Å². The maximum absolute atomic E-state index is 12.9.